The molecule has 8 rings (SSSR count). The van der Waals surface area contributed by atoms with Crippen LogP contribution in [0.5, 0.6) is 17.2 Å². The number of benzene rings is 3. The molecule has 0 spiro atoms. The number of aryl methyl sites for hydroxylation is 2. The van der Waals surface area contributed by atoms with E-state index in [1.54, 1.807) is 19.2 Å². The summed E-state index contributed by atoms with van der Waals surface area (Å²) < 4.78 is 24.0. The molecule has 2 saturated carbocycles. The summed E-state index contributed by atoms with van der Waals surface area (Å²) in [6.07, 6.45) is 3.52. The van der Waals surface area contributed by atoms with Gasteiger partial charge >= 0.3 is 0 Å². The predicted octanol–water partition coefficient (Wildman–Crippen LogP) is 5.97. The van der Waals surface area contributed by atoms with E-state index in [0.717, 1.165) is 79.3 Å². The zero-order valence-electron chi connectivity index (χ0n) is 39.3. The molecular weight excluding hydrogens is 841 g/mol. The van der Waals surface area contributed by atoms with Crippen LogP contribution in [0.15, 0.2) is 48.5 Å². The Balaban J connectivity index is 0.819. The minimum Gasteiger partial charge on any atom is -0.496 e. The Labute approximate surface area is 387 Å². The van der Waals surface area contributed by atoms with Gasteiger partial charge in [0.05, 0.1) is 36.5 Å². The summed E-state index contributed by atoms with van der Waals surface area (Å²) in [6, 6.07) is 16.3. The number of nitrogens with zero attached hydrogens (tertiary/aromatic N) is 4. The first-order valence-electron chi connectivity index (χ1n) is 23.1. The molecule has 3 heterocycles. The molecule has 2 aliphatic carbocycles. The summed E-state index contributed by atoms with van der Waals surface area (Å²) in [6.45, 7) is 16.6. The number of imide groups is 2. The van der Waals surface area contributed by atoms with Gasteiger partial charge in [-0.1, -0.05) is 27.7 Å². The van der Waals surface area contributed by atoms with Crippen LogP contribution in [0.25, 0.3) is 0 Å². The molecule has 66 heavy (non-hydrogen) atoms. The third kappa shape index (κ3) is 8.73. The lowest BCUT2D eigenvalue weighted by Gasteiger charge is -2.63. The van der Waals surface area contributed by atoms with Crippen molar-refractivity contribution >= 4 is 35.2 Å². The number of rotatable bonds is 15. The predicted molar refractivity (Wildman–Crippen MR) is 246 cm³/mol. The normalized spacial score (nSPS) is 24.5. The van der Waals surface area contributed by atoms with Crippen LogP contribution in [0.4, 0.5) is 5.69 Å². The van der Waals surface area contributed by atoms with Gasteiger partial charge in [0.2, 0.25) is 11.8 Å². The van der Waals surface area contributed by atoms with Crippen molar-refractivity contribution in [1.29, 1.82) is 5.26 Å². The molecule has 3 aliphatic heterocycles. The smallest absolute Gasteiger partial charge is 0.266 e. The molecule has 0 radical (unpaired) electrons. The molecule has 5 aliphatic rings. The number of hydrogen-bond acceptors (Lipinski definition) is 12. The summed E-state index contributed by atoms with van der Waals surface area (Å²) in [5.74, 6) is -0.571. The third-order valence-corrected chi connectivity index (χ3v) is 14.8. The van der Waals surface area contributed by atoms with E-state index < -0.39 is 29.7 Å². The maximum absolute atomic E-state index is 13.7. The molecule has 3 aromatic carbocycles. The molecule has 15 nitrogen and oxygen atoms in total. The van der Waals surface area contributed by atoms with Gasteiger partial charge in [0.1, 0.15) is 35.5 Å². The molecule has 2 saturated heterocycles. The molecule has 0 bridgehead atoms. The maximum Gasteiger partial charge on any atom is 0.266 e. The lowest BCUT2D eigenvalue weighted by molar-refractivity contribution is -0.164. The Bertz CT molecular complexity index is 2410. The van der Waals surface area contributed by atoms with Gasteiger partial charge in [-0.2, -0.15) is 5.26 Å². The van der Waals surface area contributed by atoms with Crippen LogP contribution in [0, 0.1) is 41.9 Å². The minimum atomic E-state index is -1.07. The molecule has 5 amide bonds. The summed E-state index contributed by atoms with van der Waals surface area (Å²) >= 11 is 0. The molecule has 15 heteroatoms. The van der Waals surface area contributed by atoms with Gasteiger partial charge in [-0.15, -0.1) is 0 Å². The average Bonchev–Trinajstić information content (AvgIpc) is 3.52. The quantitative estimate of drug-likeness (QED) is 0.171. The van der Waals surface area contributed by atoms with Gasteiger partial charge in [0.15, 0.2) is 0 Å². The van der Waals surface area contributed by atoms with E-state index in [2.05, 4.69) is 54.2 Å². The van der Waals surface area contributed by atoms with Crippen LogP contribution in [-0.4, -0.2) is 117 Å². The monoisotopic (exact) mass is 902 g/mol. The lowest BCUT2D eigenvalue weighted by atomic mass is 9.49. The number of amides is 5. The zero-order valence-corrected chi connectivity index (χ0v) is 39.3. The SMILES string of the molecule is COCCN(CC1CCN(c2ccc(C(=O)NC3C(C)(C)C(Oc4cc(C)c(C#N)c(C)c4)C3(C)C)cc2)CC1)C1CC(Oc2cc(OC)c3c(c2)C(=O)N(C2CCC(=O)NC2=O)C3=O)C1. The summed E-state index contributed by atoms with van der Waals surface area (Å²) in [5.41, 5.74) is 3.72. The summed E-state index contributed by atoms with van der Waals surface area (Å²) in [7, 11) is 3.14. The topological polar surface area (TPSA) is 180 Å². The van der Waals surface area contributed by atoms with Crippen molar-refractivity contribution in [2.24, 2.45) is 16.7 Å². The van der Waals surface area contributed by atoms with Gasteiger partial charge in [-0.25, -0.2) is 0 Å². The second kappa shape index (κ2) is 18.4. The fourth-order valence-electron chi connectivity index (χ4n) is 11.4. The van der Waals surface area contributed by atoms with Gasteiger partial charge in [0, 0.05) is 92.8 Å². The largest absolute Gasteiger partial charge is 0.496 e. The number of fused-ring (bicyclic) bond motifs is 1. The Morgan fingerprint density at radius 1 is 0.894 bits per heavy atom. The zero-order chi connectivity index (χ0) is 47.2. The number of carbonyl (C=O) groups excluding carboxylic acids is 5. The third-order valence-electron chi connectivity index (χ3n) is 14.8. The second-order valence-electron chi connectivity index (χ2n) is 19.9. The van der Waals surface area contributed by atoms with Crippen molar-refractivity contribution in [2.75, 3.05) is 51.9 Å². The number of hydrogen-bond donors (Lipinski definition) is 2. The second-order valence-corrected chi connectivity index (χ2v) is 19.9. The van der Waals surface area contributed by atoms with E-state index in [0.29, 0.717) is 35.4 Å². The van der Waals surface area contributed by atoms with Crippen molar-refractivity contribution in [2.45, 2.75) is 110 Å². The Kier molecular flexibility index (Phi) is 12.9. The van der Waals surface area contributed by atoms with Crippen LogP contribution in [0.1, 0.15) is 114 Å². The molecule has 350 valence electrons. The van der Waals surface area contributed by atoms with Gasteiger partial charge in [0.25, 0.3) is 17.7 Å². The summed E-state index contributed by atoms with van der Waals surface area (Å²) in [5, 5.41) is 15.1. The Hall–Kier alpha value is -5.98. The molecule has 0 aromatic heterocycles. The molecular formula is C51H62N6O9. The summed E-state index contributed by atoms with van der Waals surface area (Å²) in [4.78, 5) is 70.7. The molecule has 4 fully saturated rings. The van der Waals surface area contributed by atoms with E-state index in [1.807, 2.05) is 50.2 Å². The van der Waals surface area contributed by atoms with E-state index in [1.165, 1.54) is 7.11 Å². The number of methoxy groups -OCH3 is 2. The highest BCUT2D eigenvalue weighted by Gasteiger charge is 2.64. The van der Waals surface area contributed by atoms with E-state index in [4.69, 9.17) is 18.9 Å². The Morgan fingerprint density at radius 3 is 2.15 bits per heavy atom. The molecule has 1 unspecified atom stereocenters. The number of anilines is 1. The van der Waals surface area contributed by atoms with E-state index in [9.17, 15) is 29.2 Å². The molecule has 2 N–H and O–H groups in total. The van der Waals surface area contributed by atoms with Crippen LogP contribution < -0.4 is 29.7 Å². The van der Waals surface area contributed by atoms with Crippen molar-refractivity contribution in [3.63, 3.8) is 0 Å². The molecule has 3 aromatic rings. The number of nitriles is 1. The number of nitrogens with one attached hydrogen (secondary N) is 2. The van der Waals surface area contributed by atoms with Gasteiger partial charge in [-0.05, 0) is 92.6 Å². The highest BCUT2D eigenvalue weighted by Crippen LogP contribution is 2.55. The van der Waals surface area contributed by atoms with Gasteiger partial charge < -0.3 is 29.2 Å². The van der Waals surface area contributed by atoms with E-state index in [-0.39, 0.29) is 64.7 Å². The van der Waals surface area contributed by atoms with E-state index >= 15 is 0 Å². The highest BCUT2D eigenvalue weighted by atomic mass is 16.5. The Morgan fingerprint density at radius 2 is 1.55 bits per heavy atom. The number of carbonyl (C=O) groups is 5. The molecule has 1 atom stereocenters. The number of piperidine rings is 2. The van der Waals surface area contributed by atoms with Crippen molar-refractivity contribution in [3.8, 4) is 23.3 Å². The fourth-order valence-corrected chi connectivity index (χ4v) is 11.4. The van der Waals surface area contributed by atoms with Crippen molar-refractivity contribution in [1.82, 2.24) is 20.4 Å². The average molecular weight is 903 g/mol. The van der Waals surface area contributed by atoms with Crippen molar-refractivity contribution < 1.29 is 42.9 Å². The maximum atomic E-state index is 13.7. The standard InChI is InChI=1S/C51H62N6O9/c1-29-21-35(22-30(2)39(29)27-52)66-49-50(3,4)48(51(49,5)6)54-44(59)32-9-11-33(12-10-32)55-17-15-31(16-18-55)28-56(19-20-63-7)34-23-36(24-34)65-37-25-38-43(41(26-37)64-8)47(62)57(46(38)61)40-13-14-42(58)53-45(40)60/h9-12,21-22,25-26,31,34,36,40,48-49H,13-20,23-24,28H2,1-8H3,(H,54,59)(H,53,58,60). The van der Waals surface area contributed by atoms with Crippen LogP contribution in [0.2, 0.25) is 0 Å². The first kappa shape index (κ1) is 46.5. The highest BCUT2D eigenvalue weighted by molar-refractivity contribution is 6.24. The van der Waals surface area contributed by atoms with Crippen molar-refractivity contribution in [3.05, 3.63) is 81.9 Å². The van der Waals surface area contributed by atoms with Crippen LogP contribution in [-0.2, 0) is 14.3 Å². The number of ether oxygens (including phenoxy) is 4. The fraction of sp³-hybridized carbons (Fsp3) is 0.529. The lowest BCUT2D eigenvalue weighted by Crippen LogP contribution is -2.74. The van der Waals surface area contributed by atoms with Crippen LogP contribution in [0.3, 0.4) is 0 Å². The first-order chi connectivity index (χ1) is 31.4. The minimum absolute atomic E-state index is 0.0394. The van der Waals surface area contributed by atoms with Crippen LogP contribution >= 0.6 is 0 Å². The van der Waals surface area contributed by atoms with Gasteiger partial charge in [-0.3, -0.25) is 39.1 Å². The first-order valence-corrected chi connectivity index (χ1v) is 23.1.